The van der Waals surface area contributed by atoms with Crippen LogP contribution in [-0.4, -0.2) is 10.3 Å². The van der Waals surface area contributed by atoms with Crippen LogP contribution in [0.4, 0.5) is 0 Å². The molecule has 0 spiro atoms. The van der Waals surface area contributed by atoms with Crippen molar-refractivity contribution < 1.29 is 0 Å². The van der Waals surface area contributed by atoms with E-state index in [1.54, 1.807) is 88.2 Å². The minimum absolute atomic E-state index is 0.0351. The van der Waals surface area contributed by atoms with E-state index in [2.05, 4.69) is 61.5 Å². The molecule has 1 atom stereocenters. The van der Waals surface area contributed by atoms with E-state index >= 15 is 0 Å². The molecule has 2 aromatic carbocycles. The van der Waals surface area contributed by atoms with Gasteiger partial charge >= 0.3 is 0 Å². The van der Waals surface area contributed by atoms with Crippen molar-refractivity contribution in [3.63, 3.8) is 0 Å². The lowest BCUT2D eigenvalue weighted by molar-refractivity contribution is 0.0184. The van der Waals surface area contributed by atoms with Gasteiger partial charge in [0.05, 0.1) is 0 Å². The molecule has 1 heteroatoms. The van der Waals surface area contributed by atoms with Crippen molar-refractivity contribution >= 4 is 7.92 Å². The topological polar surface area (TPSA) is 0 Å². The van der Waals surface area contributed by atoms with Crippen LogP contribution in [0, 0.1) is 35.5 Å². The van der Waals surface area contributed by atoms with E-state index in [9.17, 15) is 0 Å². The van der Waals surface area contributed by atoms with Crippen LogP contribution in [-0.2, 0) is 12.6 Å². The predicted octanol–water partition coefficient (Wildman–Crippen LogP) is 9.95. The largest absolute Gasteiger partial charge is 0.0894 e. The smallest absolute Gasteiger partial charge is 0.00630 e. The van der Waals surface area contributed by atoms with Crippen molar-refractivity contribution in [2.24, 2.45) is 35.5 Å². The molecular formula is C36H47P. The van der Waals surface area contributed by atoms with Crippen LogP contribution in [0.3, 0.4) is 0 Å². The molecule has 2 aromatic rings. The molecule has 0 amide bonds. The fraction of sp³-hybridized carbons (Fsp3) is 0.667. The Hall–Kier alpha value is -1.13. The summed E-state index contributed by atoms with van der Waals surface area (Å²) in [5.41, 5.74) is 4.76. The van der Waals surface area contributed by atoms with Crippen LogP contribution in [0.1, 0.15) is 107 Å². The first-order valence-electron chi connectivity index (χ1n) is 15.9. The number of hydrogen-bond donors (Lipinski definition) is 0. The van der Waals surface area contributed by atoms with Gasteiger partial charge in [-0.05, 0) is 158 Å². The fourth-order valence-corrected chi connectivity index (χ4v) is 17.0. The molecule has 0 saturated heterocycles. The maximum Gasteiger partial charge on any atom is -0.00630 e. The van der Waals surface area contributed by atoms with Crippen LogP contribution in [0.25, 0.3) is 0 Å². The molecule has 196 valence electrons. The van der Waals surface area contributed by atoms with Crippen molar-refractivity contribution in [3.05, 3.63) is 71.3 Å². The summed E-state index contributed by atoms with van der Waals surface area (Å²) >= 11 is 0. The molecule has 1 unspecified atom stereocenters. The van der Waals surface area contributed by atoms with Gasteiger partial charge in [0.25, 0.3) is 0 Å². The first-order chi connectivity index (χ1) is 18.0. The molecule has 0 aliphatic heterocycles. The van der Waals surface area contributed by atoms with E-state index in [1.807, 2.05) is 0 Å². The van der Waals surface area contributed by atoms with Gasteiger partial charge in [0.2, 0.25) is 0 Å². The molecular weight excluding hydrogens is 463 g/mol. The Morgan fingerprint density at radius 1 is 0.622 bits per heavy atom. The molecule has 0 radical (unpaired) electrons. The second-order valence-corrected chi connectivity index (χ2v) is 18.3. The minimum Gasteiger partial charge on any atom is -0.0894 e. The van der Waals surface area contributed by atoms with Crippen molar-refractivity contribution in [2.45, 2.75) is 113 Å². The minimum atomic E-state index is 0.0351. The molecule has 0 nitrogen and oxygen atoms in total. The van der Waals surface area contributed by atoms with Crippen LogP contribution in [0.5, 0.6) is 0 Å². The number of rotatable bonds is 7. The van der Waals surface area contributed by atoms with Crippen LogP contribution >= 0.6 is 7.92 Å². The van der Waals surface area contributed by atoms with Crippen molar-refractivity contribution in [3.8, 4) is 0 Å². The lowest BCUT2D eigenvalue weighted by Gasteiger charge is -2.67. The van der Waals surface area contributed by atoms with E-state index in [-0.39, 0.29) is 7.92 Å². The molecule has 8 fully saturated rings. The second kappa shape index (κ2) is 8.95. The van der Waals surface area contributed by atoms with Gasteiger partial charge in [-0.1, -0.05) is 69.4 Å². The molecule has 0 N–H and O–H groups in total. The standard InChI is InChI=1S/C36H47P/c1-25(10-26-6-3-2-4-7-26)34-9-5-8-27(17-34)24-37(35-18-28-11-29(19-35)13-30(12-28)20-35)36-21-31-14-32(22-36)16-33(15-31)23-36/h2-9,17,25,28-33H,10-16,18-24H2,1H3. The van der Waals surface area contributed by atoms with Gasteiger partial charge in [-0.2, -0.15) is 0 Å². The summed E-state index contributed by atoms with van der Waals surface area (Å²) in [5, 5.41) is 1.48. The molecule has 10 rings (SSSR count). The fourth-order valence-electron chi connectivity index (χ4n) is 11.9. The van der Waals surface area contributed by atoms with Crippen molar-refractivity contribution in [1.29, 1.82) is 0 Å². The van der Waals surface area contributed by atoms with Crippen LogP contribution < -0.4 is 0 Å². The van der Waals surface area contributed by atoms with E-state index in [0.717, 1.165) is 52.2 Å². The second-order valence-electron chi connectivity index (χ2n) is 15.2. The molecule has 8 aliphatic rings. The third-order valence-electron chi connectivity index (χ3n) is 12.4. The Bertz CT molecular complexity index is 1020. The highest BCUT2D eigenvalue weighted by Gasteiger charge is 2.62. The number of benzene rings is 2. The maximum absolute atomic E-state index is 2.67. The Balaban J connectivity index is 1.13. The quantitative estimate of drug-likeness (QED) is 0.325. The van der Waals surface area contributed by atoms with Crippen molar-refractivity contribution in [2.75, 3.05) is 0 Å². The average molecular weight is 511 g/mol. The lowest BCUT2D eigenvalue weighted by Crippen LogP contribution is -2.56. The third kappa shape index (κ3) is 4.19. The molecule has 8 saturated carbocycles. The summed E-state index contributed by atoms with van der Waals surface area (Å²) in [6.07, 6.45) is 21.9. The highest BCUT2D eigenvalue weighted by Crippen LogP contribution is 2.79. The summed E-state index contributed by atoms with van der Waals surface area (Å²) in [6.45, 7) is 2.45. The first kappa shape index (κ1) is 23.7. The Labute approximate surface area is 227 Å². The Morgan fingerprint density at radius 2 is 1.08 bits per heavy atom. The SMILES string of the molecule is CC(Cc1ccccc1)c1cccc(CP(C23CC4CC(CC(C4)C2)C3)C23CC4CC(CC(C4)C2)C3)c1. The summed E-state index contributed by atoms with van der Waals surface area (Å²) in [4.78, 5) is 0. The van der Waals surface area contributed by atoms with E-state index < -0.39 is 0 Å². The van der Waals surface area contributed by atoms with Gasteiger partial charge < -0.3 is 0 Å². The van der Waals surface area contributed by atoms with Gasteiger partial charge in [0.15, 0.2) is 0 Å². The Morgan fingerprint density at radius 3 is 1.57 bits per heavy atom. The summed E-state index contributed by atoms with van der Waals surface area (Å²) in [7, 11) is 0.0351. The van der Waals surface area contributed by atoms with Crippen LogP contribution in [0.2, 0.25) is 0 Å². The summed E-state index contributed by atoms with van der Waals surface area (Å²) in [5.74, 6) is 7.10. The first-order valence-corrected chi connectivity index (χ1v) is 17.5. The molecule has 37 heavy (non-hydrogen) atoms. The van der Waals surface area contributed by atoms with Gasteiger partial charge in [-0.25, -0.2) is 0 Å². The van der Waals surface area contributed by atoms with Gasteiger partial charge in [-0.3, -0.25) is 0 Å². The highest BCUT2D eigenvalue weighted by atomic mass is 31.1. The van der Waals surface area contributed by atoms with Gasteiger partial charge in [0, 0.05) is 0 Å². The molecule has 8 aliphatic carbocycles. The van der Waals surface area contributed by atoms with E-state index in [4.69, 9.17) is 0 Å². The molecule has 8 bridgehead atoms. The monoisotopic (exact) mass is 510 g/mol. The normalized spacial score (nSPS) is 42.7. The van der Waals surface area contributed by atoms with Gasteiger partial charge in [0.1, 0.15) is 0 Å². The third-order valence-corrected chi connectivity index (χ3v) is 16.5. The zero-order valence-electron chi connectivity index (χ0n) is 23.1. The molecule has 0 aromatic heterocycles. The Kier molecular flexibility index (Phi) is 5.74. The zero-order valence-corrected chi connectivity index (χ0v) is 24.0. The van der Waals surface area contributed by atoms with Gasteiger partial charge in [-0.15, -0.1) is 0 Å². The predicted molar refractivity (Wildman–Crippen MR) is 157 cm³/mol. The maximum atomic E-state index is 2.67. The van der Waals surface area contributed by atoms with Crippen LogP contribution in [0.15, 0.2) is 54.6 Å². The average Bonchev–Trinajstić information content (AvgIpc) is 2.86. The lowest BCUT2D eigenvalue weighted by atomic mass is 9.55. The molecule has 0 heterocycles. The number of hydrogen-bond acceptors (Lipinski definition) is 0. The zero-order chi connectivity index (χ0) is 24.6. The van der Waals surface area contributed by atoms with E-state index in [0.29, 0.717) is 5.92 Å². The summed E-state index contributed by atoms with van der Waals surface area (Å²) < 4.78 is 0. The highest BCUT2D eigenvalue weighted by molar-refractivity contribution is 7.60. The van der Waals surface area contributed by atoms with E-state index in [1.165, 1.54) is 11.7 Å². The summed E-state index contributed by atoms with van der Waals surface area (Å²) in [6, 6.07) is 21.2. The van der Waals surface area contributed by atoms with Crippen molar-refractivity contribution in [1.82, 2.24) is 0 Å².